The second-order valence-electron chi connectivity index (χ2n) is 4.96. The minimum absolute atomic E-state index is 0.00379. The molecule has 7 nitrogen and oxygen atoms in total. The summed E-state index contributed by atoms with van der Waals surface area (Å²) in [5.41, 5.74) is 0.611. The molecule has 96 valence electrons. The van der Waals surface area contributed by atoms with Crippen LogP contribution in [0.15, 0.2) is 12.4 Å². The summed E-state index contributed by atoms with van der Waals surface area (Å²) in [4.78, 5) is 4.09. The van der Waals surface area contributed by atoms with E-state index in [1.165, 1.54) is 12.8 Å². The molecule has 2 aromatic rings. The molecule has 18 heavy (non-hydrogen) atoms. The van der Waals surface area contributed by atoms with Crippen LogP contribution in [-0.4, -0.2) is 43.3 Å². The lowest BCUT2D eigenvalue weighted by Gasteiger charge is -2.26. The van der Waals surface area contributed by atoms with Crippen molar-refractivity contribution in [2.24, 2.45) is 5.41 Å². The van der Waals surface area contributed by atoms with E-state index in [4.69, 9.17) is 0 Å². The Labute approximate surface area is 104 Å². The number of hydrogen-bond donors (Lipinski definition) is 2. The van der Waals surface area contributed by atoms with Crippen LogP contribution in [0, 0.1) is 5.41 Å². The average molecular weight is 248 g/mol. The fourth-order valence-corrected chi connectivity index (χ4v) is 2.59. The minimum Gasteiger partial charge on any atom is -0.396 e. The number of nitrogens with zero attached hydrogens (tertiary/aromatic N) is 5. The van der Waals surface area contributed by atoms with E-state index in [0.29, 0.717) is 5.65 Å². The number of anilines is 1. The highest BCUT2D eigenvalue weighted by Crippen LogP contribution is 2.37. The molecular formula is C11H16N6O. The zero-order valence-corrected chi connectivity index (χ0v) is 10.1. The number of hydrogen-bond acceptors (Lipinski definition) is 6. The van der Waals surface area contributed by atoms with Crippen LogP contribution >= 0.6 is 0 Å². The first-order valence-corrected chi connectivity index (χ1v) is 6.20. The molecule has 0 amide bonds. The maximum absolute atomic E-state index is 9.57. The second kappa shape index (κ2) is 4.49. The summed E-state index contributed by atoms with van der Waals surface area (Å²) >= 11 is 0. The predicted octanol–water partition coefficient (Wildman–Crippen LogP) is 0.484. The average Bonchev–Trinajstić information content (AvgIpc) is 3.06. The van der Waals surface area contributed by atoms with E-state index in [2.05, 4.69) is 25.8 Å². The molecule has 7 heteroatoms. The lowest BCUT2D eigenvalue weighted by atomic mass is 9.87. The lowest BCUT2D eigenvalue weighted by Crippen LogP contribution is -2.31. The molecular weight excluding hydrogens is 232 g/mol. The van der Waals surface area contributed by atoms with Crippen LogP contribution < -0.4 is 5.32 Å². The number of aromatic nitrogens is 5. The number of fused-ring (bicyclic) bond motifs is 1. The minimum atomic E-state index is -0.00379. The molecule has 0 aliphatic heterocycles. The van der Waals surface area contributed by atoms with E-state index in [0.717, 1.165) is 25.2 Å². The van der Waals surface area contributed by atoms with Crippen LogP contribution in [0.5, 0.6) is 0 Å². The molecule has 0 radical (unpaired) electrons. The summed E-state index contributed by atoms with van der Waals surface area (Å²) in [6.07, 6.45) is 7.82. The fraction of sp³-hybridized carbons (Fsp3) is 0.636. The highest BCUT2D eigenvalue weighted by Gasteiger charge is 2.33. The Bertz CT molecular complexity index is 533. The first kappa shape index (κ1) is 11.3. The van der Waals surface area contributed by atoms with E-state index in [-0.39, 0.29) is 12.0 Å². The molecule has 0 saturated heterocycles. The topological polar surface area (TPSA) is 88.2 Å². The van der Waals surface area contributed by atoms with Crippen molar-refractivity contribution >= 4 is 11.5 Å². The van der Waals surface area contributed by atoms with Gasteiger partial charge >= 0.3 is 0 Å². The SMILES string of the molecule is OCC1(CNc2cncc3nnnn23)CCCC1. The molecule has 0 bridgehead atoms. The first-order chi connectivity index (χ1) is 8.83. The third-order valence-corrected chi connectivity index (χ3v) is 3.75. The van der Waals surface area contributed by atoms with E-state index in [1.54, 1.807) is 16.9 Å². The normalized spacial score (nSPS) is 18.3. The van der Waals surface area contributed by atoms with Crippen molar-refractivity contribution in [1.29, 1.82) is 0 Å². The van der Waals surface area contributed by atoms with Crippen LogP contribution in [0.3, 0.4) is 0 Å². The Morgan fingerprint density at radius 2 is 2.17 bits per heavy atom. The molecule has 0 aromatic carbocycles. The standard InChI is InChI=1S/C11H16N6O/c18-8-11(3-1-2-4-11)7-13-9-5-12-6-10-14-15-16-17(9)10/h5-6,13,18H,1-4,7-8H2. The molecule has 1 aliphatic rings. The molecule has 0 atom stereocenters. The smallest absolute Gasteiger partial charge is 0.199 e. The summed E-state index contributed by atoms with van der Waals surface area (Å²) in [5, 5.41) is 24.2. The van der Waals surface area contributed by atoms with Gasteiger partial charge in [-0.1, -0.05) is 12.8 Å². The third-order valence-electron chi connectivity index (χ3n) is 3.75. The Hall–Kier alpha value is -1.76. The third kappa shape index (κ3) is 1.90. The van der Waals surface area contributed by atoms with Gasteiger partial charge in [0.05, 0.1) is 19.0 Å². The summed E-state index contributed by atoms with van der Waals surface area (Å²) in [5.74, 6) is 0.761. The summed E-state index contributed by atoms with van der Waals surface area (Å²) in [6, 6.07) is 0. The van der Waals surface area contributed by atoms with E-state index < -0.39 is 0 Å². The van der Waals surface area contributed by atoms with Gasteiger partial charge < -0.3 is 10.4 Å². The Balaban J connectivity index is 1.78. The van der Waals surface area contributed by atoms with Gasteiger partial charge in [0.1, 0.15) is 5.82 Å². The molecule has 1 fully saturated rings. The Morgan fingerprint density at radius 1 is 1.33 bits per heavy atom. The largest absolute Gasteiger partial charge is 0.396 e. The van der Waals surface area contributed by atoms with Gasteiger partial charge in [0.25, 0.3) is 0 Å². The molecule has 3 rings (SSSR count). The number of tetrazole rings is 1. The fourth-order valence-electron chi connectivity index (χ4n) is 2.59. The van der Waals surface area contributed by atoms with Crippen LogP contribution in [0.1, 0.15) is 25.7 Å². The van der Waals surface area contributed by atoms with Crippen molar-refractivity contribution in [2.45, 2.75) is 25.7 Å². The lowest BCUT2D eigenvalue weighted by molar-refractivity contribution is 0.142. The quantitative estimate of drug-likeness (QED) is 0.818. The Kier molecular flexibility index (Phi) is 2.83. The molecule has 0 spiro atoms. The van der Waals surface area contributed by atoms with Gasteiger partial charge in [0, 0.05) is 12.0 Å². The van der Waals surface area contributed by atoms with Crippen molar-refractivity contribution in [1.82, 2.24) is 25.0 Å². The predicted molar refractivity (Wildman–Crippen MR) is 65.1 cm³/mol. The van der Waals surface area contributed by atoms with Crippen molar-refractivity contribution in [3.8, 4) is 0 Å². The molecule has 2 N–H and O–H groups in total. The van der Waals surface area contributed by atoms with Gasteiger partial charge in [0.2, 0.25) is 0 Å². The van der Waals surface area contributed by atoms with Crippen molar-refractivity contribution in [3.05, 3.63) is 12.4 Å². The van der Waals surface area contributed by atoms with Crippen LogP contribution in [-0.2, 0) is 0 Å². The molecule has 0 unspecified atom stereocenters. The van der Waals surface area contributed by atoms with E-state index in [9.17, 15) is 5.11 Å². The zero-order chi connectivity index (χ0) is 12.4. The van der Waals surface area contributed by atoms with Gasteiger partial charge in [0.15, 0.2) is 5.65 Å². The second-order valence-corrected chi connectivity index (χ2v) is 4.96. The van der Waals surface area contributed by atoms with Gasteiger partial charge in [-0.2, -0.15) is 4.52 Å². The van der Waals surface area contributed by atoms with E-state index in [1.807, 2.05) is 0 Å². The van der Waals surface area contributed by atoms with E-state index >= 15 is 0 Å². The van der Waals surface area contributed by atoms with Gasteiger partial charge in [-0.05, 0) is 23.3 Å². The highest BCUT2D eigenvalue weighted by molar-refractivity contribution is 5.43. The van der Waals surface area contributed by atoms with Crippen molar-refractivity contribution in [3.63, 3.8) is 0 Å². The van der Waals surface area contributed by atoms with Crippen molar-refractivity contribution in [2.75, 3.05) is 18.5 Å². The van der Waals surface area contributed by atoms with Crippen LogP contribution in [0.2, 0.25) is 0 Å². The van der Waals surface area contributed by atoms with Gasteiger partial charge in [-0.25, -0.2) is 0 Å². The first-order valence-electron chi connectivity index (χ1n) is 6.20. The summed E-state index contributed by atoms with van der Waals surface area (Å²) in [6.45, 7) is 0.948. The molecule has 1 aliphatic carbocycles. The molecule has 1 saturated carbocycles. The van der Waals surface area contributed by atoms with Gasteiger partial charge in [-0.3, -0.25) is 4.98 Å². The maximum atomic E-state index is 9.57. The maximum Gasteiger partial charge on any atom is 0.199 e. The number of aliphatic hydroxyl groups excluding tert-OH is 1. The number of rotatable bonds is 4. The van der Waals surface area contributed by atoms with Crippen molar-refractivity contribution < 1.29 is 5.11 Å². The summed E-state index contributed by atoms with van der Waals surface area (Å²) in [7, 11) is 0. The zero-order valence-electron chi connectivity index (χ0n) is 10.1. The highest BCUT2D eigenvalue weighted by atomic mass is 16.3. The number of aliphatic hydroxyl groups is 1. The monoisotopic (exact) mass is 248 g/mol. The number of nitrogens with one attached hydrogen (secondary N) is 1. The van der Waals surface area contributed by atoms with Crippen LogP contribution in [0.4, 0.5) is 5.82 Å². The molecule has 2 heterocycles. The summed E-state index contributed by atoms with van der Waals surface area (Å²) < 4.78 is 1.62. The van der Waals surface area contributed by atoms with Gasteiger partial charge in [-0.15, -0.1) is 5.10 Å². The Morgan fingerprint density at radius 3 is 2.94 bits per heavy atom. The molecule has 2 aromatic heterocycles. The van der Waals surface area contributed by atoms with Crippen LogP contribution in [0.25, 0.3) is 5.65 Å².